The zero-order valence-corrected chi connectivity index (χ0v) is 14.5. The topological polar surface area (TPSA) is 75.5 Å². The summed E-state index contributed by atoms with van der Waals surface area (Å²) in [6.45, 7) is 3.26. The molecule has 3 rings (SSSR count). The number of piperidine rings is 1. The Balaban J connectivity index is 1.76. The van der Waals surface area contributed by atoms with E-state index in [1.165, 1.54) is 24.3 Å². The normalized spacial score (nSPS) is 14.2. The summed E-state index contributed by atoms with van der Waals surface area (Å²) in [6, 6.07) is 8.85. The van der Waals surface area contributed by atoms with Gasteiger partial charge in [-0.2, -0.15) is 0 Å². The summed E-state index contributed by atoms with van der Waals surface area (Å²) in [5.41, 5.74) is 1.36. The fourth-order valence-corrected chi connectivity index (χ4v) is 3.13. The third-order valence-corrected chi connectivity index (χ3v) is 4.57. The van der Waals surface area contributed by atoms with Crippen molar-refractivity contribution in [1.82, 2.24) is 0 Å². The molecule has 26 heavy (non-hydrogen) atoms. The van der Waals surface area contributed by atoms with Gasteiger partial charge in [0.25, 0.3) is 11.6 Å². The molecule has 136 valence electrons. The molecule has 1 fully saturated rings. The van der Waals surface area contributed by atoms with Crippen LogP contribution in [0.1, 0.15) is 35.2 Å². The molecule has 1 N–H and O–H groups in total. The molecule has 0 radical (unpaired) electrons. The third-order valence-electron chi connectivity index (χ3n) is 4.57. The SMILES string of the molecule is Cc1ccc(C(=O)Nc2ccc(N3CCCCC3)c(F)c2)cc1[N+](=O)[O-]. The van der Waals surface area contributed by atoms with E-state index in [4.69, 9.17) is 0 Å². The number of nitrogens with zero attached hydrogens (tertiary/aromatic N) is 2. The molecular weight excluding hydrogens is 337 g/mol. The first-order valence-electron chi connectivity index (χ1n) is 8.56. The lowest BCUT2D eigenvalue weighted by Crippen LogP contribution is -2.30. The van der Waals surface area contributed by atoms with E-state index in [-0.39, 0.29) is 17.1 Å². The van der Waals surface area contributed by atoms with Crippen LogP contribution in [-0.4, -0.2) is 23.9 Å². The molecule has 0 atom stereocenters. The van der Waals surface area contributed by atoms with Gasteiger partial charge in [0.05, 0.1) is 10.6 Å². The van der Waals surface area contributed by atoms with E-state index in [0.29, 0.717) is 16.9 Å². The van der Waals surface area contributed by atoms with Crippen LogP contribution in [0, 0.1) is 22.9 Å². The number of amides is 1. The smallest absolute Gasteiger partial charge is 0.273 e. The quantitative estimate of drug-likeness (QED) is 0.654. The number of nitro groups is 1. The van der Waals surface area contributed by atoms with Gasteiger partial charge in [-0.3, -0.25) is 14.9 Å². The van der Waals surface area contributed by atoms with Crippen molar-refractivity contribution in [3.05, 3.63) is 63.5 Å². The van der Waals surface area contributed by atoms with Gasteiger partial charge in [0.2, 0.25) is 0 Å². The Bertz CT molecular complexity index is 848. The monoisotopic (exact) mass is 357 g/mol. The zero-order valence-electron chi connectivity index (χ0n) is 14.5. The minimum atomic E-state index is -0.529. The summed E-state index contributed by atoms with van der Waals surface area (Å²) in [6.07, 6.45) is 3.25. The molecule has 1 amide bonds. The lowest BCUT2D eigenvalue weighted by Gasteiger charge is -2.29. The average Bonchev–Trinajstić information content (AvgIpc) is 2.62. The van der Waals surface area contributed by atoms with E-state index in [1.54, 1.807) is 19.1 Å². The van der Waals surface area contributed by atoms with Crippen LogP contribution in [0.3, 0.4) is 0 Å². The first-order valence-corrected chi connectivity index (χ1v) is 8.56. The Hall–Kier alpha value is -2.96. The van der Waals surface area contributed by atoms with Crippen LogP contribution >= 0.6 is 0 Å². The van der Waals surface area contributed by atoms with Gasteiger partial charge in [0.15, 0.2) is 0 Å². The predicted molar refractivity (Wildman–Crippen MR) is 98.3 cm³/mol. The number of rotatable bonds is 4. The molecule has 1 aliphatic rings. The van der Waals surface area contributed by atoms with E-state index in [9.17, 15) is 19.3 Å². The Labute approximate surface area is 150 Å². The maximum Gasteiger partial charge on any atom is 0.273 e. The molecule has 0 unspecified atom stereocenters. The van der Waals surface area contributed by atoms with E-state index < -0.39 is 10.8 Å². The van der Waals surface area contributed by atoms with Gasteiger partial charge < -0.3 is 10.2 Å². The molecule has 2 aromatic rings. The third kappa shape index (κ3) is 3.82. The predicted octanol–water partition coefficient (Wildman–Crippen LogP) is 4.28. The summed E-state index contributed by atoms with van der Waals surface area (Å²) in [5.74, 6) is -0.905. The summed E-state index contributed by atoms with van der Waals surface area (Å²) in [5, 5.41) is 13.6. The molecule has 6 nitrogen and oxygen atoms in total. The first kappa shape index (κ1) is 17.8. The number of hydrogen-bond acceptors (Lipinski definition) is 4. The molecule has 2 aromatic carbocycles. The number of carbonyl (C=O) groups excluding carboxylic acids is 1. The van der Waals surface area contributed by atoms with Crippen molar-refractivity contribution in [2.75, 3.05) is 23.3 Å². The van der Waals surface area contributed by atoms with Crippen molar-refractivity contribution >= 4 is 23.0 Å². The van der Waals surface area contributed by atoms with Crippen LogP contribution < -0.4 is 10.2 Å². The van der Waals surface area contributed by atoms with Crippen LogP contribution in [0.2, 0.25) is 0 Å². The van der Waals surface area contributed by atoms with Gasteiger partial charge >= 0.3 is 0 Å². The number of benzene rings is 2. The van der Waals surface area contributed by atoms with Gasteiger partial charge in [0.1, 0.15) is 5.82 Å². The van der Waals surface area contributed by atoms with Gasteiger partial charge in [-0.25, -0.2) is 4.39 Å². The van der Waals surface area contributed by atoms with Crippen molar-refractivity contribution in [2.24, 2.45) is 0 Å². The van der Waals surface area contributed by atoms with E-state index >= 15 is 0 Å². The molecule has 0 aromatic heterocycles. The summed E-state index contributed by atoms with van der Waals surface area (Å²) in [7, 11) is 0. The molecule has 1 aliphatic heterocycles. The summed E-state index contributed by atoms with van der Waals surface area (Å²) >= 11 is 0. The fourth-order valence-electron chi connectivity index (χ4n) is 3.13. The number of carbonyl (C=O) groups is 1. The number of hydrogen-bond donors (Lipinski definition) is 1. The molecule has 0 spiro atoms. The Morgan fingerprint density at radius 3 is 2.54 bits per heavy atom. The summed E-state index contributed by atoms with van der Waals surface area (Å²) < 4.78 is 14.4. The van der Waals surface area contributed by atoms with E-state index in [1.807, 2.05) is 4.90 Å². The highest BCUT2D eigenvalue weighted by atomic mass is 19.1. The van der Waals surface area contributed by atoms with Crippen LogP contribution in [-0.2, 0) is 0 Å². The van der Waals surface area contributed by atoms with Crippen molar-refractivity contribution in [3.8, 4) is 0 Å². The average molecular weight is 357 g/mol. The van der Waals surface area contributed by atoms with Gasteiger partial charge in [-0.15, -0.1) is 0 Å². The maximum absolute atomic E-state index is 14.4. The molecular formula is C19H20FN3O3. The molecule has 1 saturated heterocycles. The van der Waals surface area contributed by atoms with Gasteiger partial charge in [-0.1, -0.05) is 6.07 Å². The standard InChI is InChI=1S/C19H20FN3O3/c1-13-5-6-14(11-18(13)23(25)26)19(24)21-15-7-8-17(16(20)12-15)22-9-3-2-4-10-22/h5-8,11-12H,2-4,9-10H2,1H3,(H,21,24). The highest BCUT2D eigenvalue weighted by Crippen LogP contribution is 2.26. The highest BCUT2D eigenvalue weighted by molar-refractivity contribution is 6.04. The van der Waals surface area contributed by atoms with Crippen LogP contribution in [0.25, 0.3) is 0 Å². The number of aryl methyl sites for hydroxylation is 1. The highest BCUT2D eigenvalue weighted by Gasteiger charge is 2.17. The Kier molecular flexibility index (Phi) is 5.16. The van der Waals surface area contributed by atoms with Crippen LogP contribution in [0.15, 0.2) is 36.4 Å². The van der Waals surface area contributed by atoms with Crippen molar-refractivity contribution in [3.63, 3.8) is 0 Å². The lowest BCUT2D eigenvalue weighted by molar-refractivity contribution is -0.385. The molecule has 0 saturated carbocycles. The largest absolute Gasteiger partial charge is 0.369 e. The minimum absolute atomic E-state index is 0.121. The fraction of sp³-hybridized carbons (Fsp3) is 0.316. The number of nitrogens with one attached hydrogen (secondary N) is 1. The van der Waals surface area contributed by atoms with Gasteiger partial charge in [-0.05, 0) is 50.5 Å². The summed E-state index contributed by atoms with van der Waals surface area (Å²) in [4.78, 5) is 24.8. The van der Waals surface area contributed by atoms with Crippen LogP contribution in [0.4, 0.5) is 21.5 Å². The second-order valence-electron chi connectivity index (χ2n) is 6.43. The van der Waals surface area contributed by atoms with Crippen molar-refractivity contribution in [2.45, 2.75) is 26.2 Å². The first-order chi connectivity index (χ1) is 12.5. The Morgan fingerprint density at radius 2 is 1.88 bits per heavy atom. The Morgan fingerprint density at radius 1 is 1.15 bits per heavy atom. The van der Waals surface area contributed by atoms with Crippen molar-refractivity contribution < 1.29 is 14.1 Å². The molecule has 1 heterocycles. The second-order valence-corrected chi connectivity index (χ2v) is 6.43. The number of anilines is 2. The number of halogens is 1. The lowest BCUT2D eigenvalue weighted by atomic mass is 10.1. The number of nitro benzene ring substituents is 1. The van der Waals surface area contributed by atoms with Crippen LogP contribution in [0.5, 0.6) is 0 Å². The van der Waals surface area contributed by atoms with E-state index in [0.717, 1.165) is 32.4 Å². The molecule has 0 aliphatic carbocycles. The zero-order chi connectivity index (χ0) is 18.7. The maximum atomic E-state index is 14.4. The minimum Gasteiger partial charge on any atom is -0.369 e. The second kappa shape index (κ2) is 7.51. The van der Waals surface area contributed by atoms with E-state index in [2.05, 4.69) is 5.32 Å². The molecule has 7 heteroatoms. The van der Waals surface area contributed by atoms with Gasteiger partial charge in [0, 0.05) is 36.0 Å². The molecule has 0 bridgehead atoms. The van der Waals surface area contributed by atoms with Crippen molar-refractivity contribution in [1.29, 1.82) is 0 Å².